The zero-order chi connectivity index (χ0) is 33.2. The van der Waals surface area contributed by atoms with Crippen LogP contribution in [0.5, 0.6) is 11.5 Å². The van der Waals surface area contributed by atoms with E-state index in [1.54, 1.807) is 18.2 Å². The van der Waals surface area contributed by atoms with Crippen molar-refractivity contribution in [2.75, 3.05) is 25.1 Å². The first-order valence-electron chi connectivity index (χ1n) is 13.4. The molecule has 0 aliphatic carbocycles. The van der Waals surface area contributed by atoms with Gasteiger partial charge in [-0.15, -0.1) is 0 Å². The van der Waals surface area contributed by atoms with Crippen LogP contribution in [0.4, 0.5) is 23.2 Å². The molecule has 5 rings (SSSR count). The molecule has 16 heteroatoms. The molecule has 0 saturated carbocycles. The lowest BCUT2D eigenvalue weighted by molar-refractivity contribution is -0.153. The highest BCUT2D eigenvalue weighted by atomic mass is 79.9. The summed E-state index contributed by atoms with van der Waals surface area (Å²) in [5, 5.41) is 11.4. The number of rotatable bonds is 8. The summed E-state index contributed by atoms with van der Waals surface area (Å²) < 4.78 is 65.6. The number of nitriles is 1. The number of hydrogen-bond acceptors (Lipinski definition) is 6. The molecule has 0 unspecified atom stereocenters. The molecule has 2 amide bonds. The third-order valence-electron chi connectivity index (χ3n) is 6.84. The van der Waals surface area contributed by atoms with Crippen molar-refractivity contribution in [3.8, 4) is 23.3 Å². The van der Waals surface area contributed by atoms with Gasteiger partial charge >= 0.3 is 11.9 Å². The van der Waals surface area contributed by atoms with E-state index < -0.39 is 36.1 Å². The van der Waals surface area contributed by atoms with Crippen molar-refractivity contribution in [2.24, 2.45) is 0 Å². The fourth-order valence-corrected chi connectivity index (χ4v) is 5.19. The predicted molar refractivity (Wildman–Crippen MR) is 161 cm³/mol. The van der Waals surface area contributed by atoms with Gasteiger partial charge in [-0.25, -0.2) is 9.18 Å². The Morgan fingerprint density at radius 1 is 1.02 bits per heavy atom. The lowest BCUT2D eigenvalue weighted by Crippen LogP contribution is -2.41. The first kappa shape index (κ1) is 32.6. The smallest absolute Gasteiger partial charge is 0.422 e. The Morgan fingerprint density at radius 3 is 2.39 bits per heavy atom. The van der Waals surface area contributed by atoms with Crippen LogP contribution in [-0.2, 0) is 13.1 Å². The van der Waals surface area contributed by atoms with E-state index in [2.05, 4.69) is 21.2 Å². The van der Waals surface area contributed by atoms with Gasteiger partial charge in [0, 0.05) is 29.2 Å². The highest BCUT2D eigenvalue weighted by molar-refractivity contribution is 9.10. The van der Waals surface area contributed by atoms with Crippen LogP contribution in [0, 0.1) is 17.1 Å². The Hall–Kier alpha value is -4.81. The Bertz CT molecular complexity index is 1920. The Labute approximate surface area is 271 Å². The normalized spacial score (nSPS) is 12.7. The minimum absolute atomic E-state index is 0.00349. The molecule has 0 radical (unpaired) electrons. The van der Waals surface area contributed by atoms with Gasteiger partial charge in [0.15, 0.2) is 13.2 Å². The Kier molecular flexibility index (Phi) is 9.40. The van der Waals surface area contributed by atoms with Gasteiger partial charge in [-0.2, -0.15) is 18.4 Å². The number of nitrogens with one attached hydrogen (secondary N) is 1. The molecule has 0 bridgehead atoms. The van der Waals surface area contributed by atoms with Crippen LogP contribution in [-0.4, -0.2) is 51.8 Å². The second-order valence-corrected chi connectivity index (χ2v) is 11.1. The fraction of sp³-hybridized carbons (Fsp3) is 0.200. The van der Waals surface area contributed by atoms with Crippen LogP contribution in [0.1, 0.15) is 26.5 Å². The fourth-order valence-electron chi connectivity index (χ4n) is 4.76. The van der Waals surface area contributed by atoms with E-state index in [0.29, 0.717) is 9.50 Å². The summed E-state index contributed by atoms with van der Waals surface area (Å²) in [6.45, 7) is -1.93. The van der Waals surface area contributed by atoms with Gasteiger partial charge in [0.1, 0.15) is 29.1 Å². The number of imidazole rings is 1. The molecule has 0 spiro atoms. The number of carbonyl (C=O) groups excluding carboxylic acids is 2. The summed E-state index contributed by atoms with van der Waals surface area (Å²) in [5.41, 5.74) is -0.651. The molecule has 1 aliphatic rings. The number of alkyl halides is 3. The lowest BCUT2D eigenvalue weighted by Gasteiger charge is -2.28. The first-order chi connectivity index (χ1) is 21.9. The second-order valence-electron chi connectivity index (χ2n) is 9.86. The summed E-state index contributed by atoms with van der Waals surface area (Å²) in [6.07, 6.45) is -4.57. The quantitative estimate of drug-likeness (QED) is 0.225. The summed E-state index contributed by atoms with van der Waals surface area (Å²) in [5.74, 6) is -2.30. The first-order valence-corrected chi connectivity index (χ1v) is 14.5. The van der Waals surface area contributed by atoms with Gasteiger partial charge < -0.3 is 19.7 Å². The monoisotopic (exact) mass is 721 g/mol. The third kappa shape index (κ3) is 7.03. The molecule has 4 aromatic rings. The number of nitrogens with zero attached hydrogens (tertiary/aromatic N) is 4. The van der Waals surface area contributed by atoms with Crippen LogP contribution < -0.4 is 20.5 Å². The number of fused-ring (bicyclic) bond motifs is 1. The summed E-state index contributed by atoms with van der Waals surface area (Å²) in [4.78, 5) is 42.3. The standard InChI is InChI=1S/C30H21BrClF4N5O5/c31-21-7-1-17(13-22(21)32)28(43)39-10-11-40-25(15-39)26(27(42)38-24-8-6-20(14-23(24)33)45-12-9-37)41(29(40)44)18-2-4-19(5-3-18)46-16-30(34,35)36/h1-8,13-14H,10-12,15-16H2,(H,38,42). The van der Waals surface area contributed by atoms with Gasteiger partial charge in [-0.3, -0.25) is 18.7 Å². The molecule has 1 aromatic heterocycles. The molecule has 1 aliphatic heterocycles. The number of carbonyl (C=O) groups is 2. The third-order valence-corrected chi connectivity index (χ3v) is 8.07. The summed E-state index contributed by atoms with van der Waals surface area (Å²) in [7, 11) is 0. The maximum atomic E-state index is 14.9. The van der Waals surface area contributed by atoms with Crippen molar-refractivity contribution in [2.45, 2.75) is 19.3 Å². The van der Waals surface area contributed by atoms with E-state index in [1.165, 1.54) is 51.9 Å². The van der Waals surface area contributed by atoms with E-state index >= 15 is 0 Å². The number of amides is 2. The average molecular weight is 723 g/mol. The number of ether oxygens (including phenoxy) is 2. The molecule has 3 aromatic carbocycles. The predicted octanol–water partition coefficient (Wildman–Crippen LogP) is 5.95. The largest absolute Gasteiger partial charge is 0.484 e. The van der Waals surface area contributed by atoms with Crippen LogP contribution in [0.15, 0.2) is 69.9 Å². The van der Waals surface area contributed by atoms with Crippen LogP contribution in [0.25, 0.3) is 5.69 Å². The molecule has 2 heterocycles. The summed E-state index contributed by atoms with van der Waals surface area (Å²) in [6, 6.07) is 14.9. The van der Waals surface area contributed by atoms with Crippen molar-refractivity contribution < 1.29 is 36.6 Å². The van der Waals surface area contributed by atoms with E-state index in [-0.39, 0.29) is 66.1 Å². The SMILES string of the molecule is N#CCOc1ccc(NC(=O)c2c3n(c(=O)n2-c2ccc(OCC(F)(F)F)cc2)CCN(C(=O)c2ccc(Br)c(Cl)c2)C3)c(F)c1. The van der Waals surface area contributed by atoms with Crippen molar-refractivity contribution in [3.63, 3.8) is 0 Å². The maximum Gasteiger partial charge on any atom is 0.422 e. The molecule has 46 heavy (non-hydrogen) atoms. The van der Waals surface area contributed by atoms with Gasteiger partial charge in [-0.05, 0) is 70.5 Å². The van der Waals surface area contributed by atoms with Crippen molar-refractivity contribution >= 4 is 45.0 Å². The minimum atomic E-state index is -4.57. The number of hydrogen-bond donors (Lipinski definition) is 1. The molecule has 0 fully saturated rings. The molecule has 0 saturated heterocycles. The zero-order valence-electron chi connectivity index (χ0n) is 23.4. The van der Waals surface area contributed by atoms with Crippen LogP contribution in [0.2, 0.25) is 5.02 Å². The van der Waals surface area contributed by atoms with E-state index in [0.717, 1.165) is 10.6 Å². The highest BCUT2D eigenvalue weighted by Gasteiger charge is 2.33. The van der Waals surface area contributed by atoms with Crippen LogP contribution in [0.3, 0.4) is 0 Å². The number of benzene rings is 3. The molecule has 0 atom stereocenters. The average Bonchev–Trinajstić information content (AvgIpc) is 3.32. The minimum Gasteiger partial charge on any atom is -0.484 e. The summed E-state index contributed by atoms with van der Waals surface area (Å²) >= 11 is 9.45. The Balaban J connectivity index is 1.53. The molecular formula is C30H21BrClF4N5O5. The van der Waals surface area contributed by atoms with Crippen molar-refractivity contribution in [1.82, 2.24) is 14.0 Å². The maximum absolute atomic E-state index is 14.9. The number of halogens is 6. The van der Waals surface area contributed by atoms with Crippen LogP contribution >= 0.6 is 27.5 Å². The molecule has 1 N–H and O–H groups in total. The zero-order valence-corrected chi connectivity index (χ0v) is 25.7. The number of anilines is 1. The molecular weight excluding hydrogens is 702 g/mol. The number of aromatic nitrogens is 2. The lowest BCUT2D eigenvalue weighted by atomic mass is 10.1. The topological polar surface area (TPSA) is 119 Å². The highest BCUT2D eigenvalue weighted by Crippen LogP contribution is 2.28. The second kappa shape index (κ2) is 13.3. The van der Waals surface area contributed by atoms with Gasteiger partial charge in [0.05, 0.1) is 28.6 Å². The van der Waals surface area contributed by atoms with E-state index in [1.807, 2.05) is 0 Å². The van der Waals surface area contributed by atoms with Gasteiger partial charge in [0.2, 0.25) is 0 Å². The van der Waals surface area contributed by atoms with Crippen molar-refractivity contribution in [1.29, 1.82) is 5.26 Å². The van der Waals surface area contributed by atoms with Gasteiger partial charge in [0.25, 0.3) is 11.8 Å². The van der Waals surface area contributed by atoms with Crippen molar-refractivity contribution in [3.05, 3.63) is 103 Å². The Morgan fingerprint density at radius 2 is 1.74 bits per heavy atom. The van der Waals surface area contributed by atoms with Gasteiger partial charge in [-0.1, -0.05) is 11.6 Å². The van der Waals surface area contributed by atoms with E-state index in [9.17, 15) is 31.9 Å². The molecule has 10 nitrogen and oxygen atoms in total. The molecule has 238 valence electrons. The van der Waals surface area contributed by atoms with E-state index in [4.69, 9.17) is 26.3 Å².